The van der Waals surface area contributed by atoms with E-state index in [-0.39, 0.29) is 6.61 Å². The smallest absolute Gasteiger partial charge is 0.186 e. The lowest BCUT2D eigenvalue weighted by Crippen LogP contribution is -2.64. The molecule has 4 aromatic rings. The van der Waals surface area contributed by atoms with Crippen LogP contribution in [0.1, 0.15) is 16.7 Å². The van der Waals surface area contributed by atoms with E-state index < -0.39 is 36.8 Å². The van der Waals surface area contributed by atoms with E-state index in [9.17, 15) is 5.11 Å². The van der Waals surface area contributed by atoms with Crippen molar-refractivity contribution in [3.63, 3.8) is 0 Å². The third-order valence-corrected chi connectivity index (χ3v) is 7.27. The number of benzene rings is 4. The van der Waals surface area contributed by atoms with Crippen molar-refractivity contribution < 1.29 is 33.6 Å². The van der Waals surface area contributed by atoms with Gasteiger partial charge in [0.2, 0.25) is 0 Å². The van der Waals surface area contributed by atoms with Crippen molar-refractivity contribution in [3.8, 4) is 0 Å². The fraction of sp³-hybridized carbons (Fsp3) is 0.314. The minimum Gasteiger partial charge on any atom is -0.393 e. The molecular weight excluding hydrogens is 546 g/mol. The van der Waals surface area contributed by atoms with Gasteiger partial charge >= 0.3 is 0 Å². The first-order valence-electron chi connectivity index (χ1n) is 14.5. The highest BCUT2D eigenvalue weighted by Gasteiger charge is 2.51. The first-order valence-corrected chi connectivity index (χ1v) is 14.5. The predicted octanol–water partition coefficient (Wildman–Crippen LogP) is 5.52. The summed E-state index contributed by atoms with van der Waals surface area (Å²) in [6.07, 6.45) is -4.38. The van der Waals surface area contributed by atoms with Gasteiger partial charge in [-0.05, 0) is 28.8 Å². The number of nitrogens with one attached hydrogen (secondary N) is 1. The molecule has 3 unspecified atom stereocenters. The molecule has 1 aliphatic heterocycles. The number of aliphatic hydroxyl groups excluding tert-OH is 1. The standard InChI is InChI=1S/C35H39NO7/c1-38-35-34(41-25-28-18-10-4-11-19-28)33(40-24-27-16-8-3-9-17-27)32(39-23-26-14-6-2-7-15-26)31(42-35)30(22-37)43-36-29-20-12-5-13-21-29/h2-21,30-37H,22-25H2,1H3/t30-,31?,32+,33?,34?,35-/m0/s1. The van der Waals surface area contributed by atoms with E-state index in [1.165, 1.54) is 0 Å². The SMILES string of the molecule is CO[C@H]1OC([C@H](CO)ONc2ccccc2)[C@@H](OCc2ccccc2)C(OCc2ccccc2)C1OCc1ccccc1. The molecule has 0 radical (unpaired) electrons. The highest BCUT2D eigenvalue weighted by Crippen LogP contribution is 2.33. The summed E-state index contributed by atoms with van der Waals surface area (Å²) >= 11 is 0. The monoisotopic (exact) mass is 585 g/mol. The van der Waals surface area contributed by atoms with Crippen molar-refractivity contribution in [3.05, 3.63) is 138 Å². The summed E-state index contributed by atoms with van der Waals surface area (Å²) in [7, 11) is 1.57. The zero-order chi connectivity index (χ0) is 29.7. The van der Waals surface area contributed by atoms with Crippen LogP contribution in [0.5, 0.6) is 0 Å². The Labute approximate surface area is 253 Å². The topological polar surface area (TPSA) is 87.6 Å². The number of aliphatic hydroxyl groups is 1. The average molecular weight is 586 g/mol. The van der Waals surface area contributed by atoms with Crippen molar-refractivity contribution in [2.75, 3.05) is 19.2 Å². The van der Waals surface area contributed by atoms with Crippen molar-refractivity contribution in [2.45, 2.75) is 56.6 Å². The van der Waals surface area contributed by atoms with Crippen molar-refractivity contribution in [1.29, 1.82) is 0 Å². The molecule has 1 aliphatic rings. The van der Waals surface area contributed by atoms with E-state index in [2.05, 4.69) is 5.48 Å². The summed E-state index contributed by atoms with van der Waals surface area (Å²) in [6, 6.07) is 39.2. The van der Waals surface area contributed by atoms with Gasteiger partial charge in [-0.1, -0.05) is 109 Å². The lowest BCUT2D eigenvalue weighted by atomic mass is 9.94. The van der Waals surface area contributed by atoms with Crippen LogP contribution in [0, 0.1) is 0 Å². The Bertz CT molecular complexity index is 1310. The molecule has 1 saturated heterocycles. The zero-order valence-corrected chi connectivity index (χ0v) is 24.2. The van der Waals surface area contributed by atoms with Crippen LogP contribution in [0.4, 0.5) is 5.69 Å². The van der Waals surface area contributed by atoms with Gasteiger partial charge in [0.15, 0.2) is 6.29 Å². The van der Waals surface area contributed by atoms with Gasteiger partial charge in [0.1, 0.15) is 30.5 Å². The Morgan fingerprint density at radius 3 is 1.53 bits per heavy atom. The second-order valence-corrected chi connectivity index (χ2v) is 10.3. The number of methoxy groups -OCH3 is 1. The minimum absolute atomic E-state index is 0.296. The number of hydrogen-bond donors (Lipinski definition) is 2. The summed E-state index contributed by atoms with van der Waals surface area (Å²) in [5.41, 5.74) is 6.68. The predicted molar refractivity (Wildman–Crippen MR) is 163 cm³/mol. The largest absolute Gasteiger partial charge is 0.393 e. The van der Waals surface area contributed by atoms with Gasteiger partial charge in [0.25, 0.3) is 0 Å². The maximum absolute atomic E-state index is 10.5. The number of anilines is 1. The molecule has 8 heteroatoms. The van der Waals surface area contributed by atoms with E-state index in [1.807, 2.05) is 121 Å². The van der Waals surface area contributed by atoms with Crippen LogP contribution in [-0.4, -0.2) is 55.6 Å². The van der Waals surface area contributed by atoms with Crippen LogP contribution in [0.25, 0.3) is 0 Å². The lowest BCUT2D eigenvalue weighted by Gasteiger charge is -2.47. The van der Waals surface area contributed by atoms with Crippen LogP contribution in [0.2, 0.25) is 0 Å². The molecule has 43 heavy (non-hydrogen) atoms. The van der Waals surface area contributed by atoms with Gasteiger partial charge in [0.05, 0.1) is 32.1 Å². The van der Waals surface area contributed by atoms with Crippen molar-refractivity contribution in [2.24, 2.45) is 0 Å². The Hall–Kier alpha value is -3.60. The average Bonchev–Trinajstić information content (AvgIpc) is 3.07. The van der Waals surface area contributed by atoms with Crippen molar-refractivity contribution in [1.82, 2.24) is 0 Å². The van der Waals surface area contributed by atoms with Gasteiger partial charge in [-0.3, -0.25) is 10.3 Å². The van der Waals surface area contributed by atoms with E-state index in [1.54, 1.807) is 7.11 Å². The summed E-state index contributed by atoms with van der Waals surface area (Å²) in [6.45, 7) is 0.598. The van der Waals surface area contributed by atoms with E-state index in [0.717, 1.165) is 22.4 Å². The Balaban J connectivity index is 1.44. The van der Waals surface area contributed by atoms with Gasteiger partial charge < -0.3 is 28.8 Å². The van der Waals surface area contributed by atoms with E-state index in [4.69, 9.17) is 28.5 Å². The molecule has 0 spiro atoms. The number of ether oxygens (including phenoxy) is 5. The molecule has 0 amide bonds. The summed E-state index contributed by atoms with van der Waals surface area (Å²) < 4.78 is 32.0. The molecule has 8 nitrogen and oxygen atoms in total. The molecule has 1 heterocycles. The molecule has 1 fully saturated rings. The third kappa shape index (κ3) is 8.72. The Morgan fingerprint density at radius 2 is 1.07 bits per heavy atom. The van der Waals surface area contributed by atoms with Gasteiger partial charge in [0, 0.05) is 7.11 Å². The Kier molecular flexibility index (Phi) is 11.7. The molecule has 5 rings (SSSR count). The van der Waals surface area contributed by atoms with Gasteiger partial charge in [-0.15, -0.1) is 0 Å². The molecule has 4 aromatic carbocycles. The molecule has 0 bridgehead atoms. The molecule has 6 atom stereocenters. The normalized spacial score (nSPS) is 22.6. The zero-order valence-electron chi connectivity index (χ0n) is 24.2. The second kappa shape index (κ2) is 16.3. The maximum atomic E-state index is 10.5. The van der Waals surface area contributed by atoms with Crippen LogP contribution in [-0.2, 0) is 48.3 Å². The van der Waals surface area contributed by atoms with Crippen molar-refractivity contribution >= 4 is 5.69 Å². The third-order valence-electron chi connectivity index (χ3n) is 7.27. The quantitative estimate of drug-likeness (QED) is 0.177. The highest BCUT2D eigenvalue weighted by atomic mass is 16.7. The summed E-state index contributed by atoms with van der Waals surface area (Å²) in [5, 5.41) is 10.5. The van der Waals surface area contributed by atoms with E-state index >= 15 is 0 Å². The molecule has 2 N–H and O–H groups in total. The van der Waals surface area contributed by atoms with Crippen LogP contribution in [0.3, 0.4) is 0 Å². The first-order chi connectivity index (χ1) is 21.2. The number of rotatable bonds is 15. The minimum atomic E-state index is -0.823. The fourth-order valence-electron chi connectivity index (χ4n) is 5.04. The number of para-hydroxylation sites is 1. The fourth-order valence-corrected chi connectivity index (χ4v) is 5.04. The first kappa shape index (κ1) is 30.8. The lowest BCUT2D eigenvalue weighted by molar-refractivity contribution is -0.332. The second-order valence-electron chi connectivity index (χ2n) is 10.3. The van der Waals surface area contributed by atoms with Gasteiger partial charge in [-0.25, -0.2) is 0 Å². The molecule has 0 aromatic heterocycles. The molecule has 0 saturated carbocycles. The summed E-state index contributed by atoms with van der Waals surface area (Å²) in [5.74, 6) is 0. The maximum Gasteiger partial charge on any atom is 0.186 e. The van der Waals surface area contributed by atoms with Crippen LogP contribution >= 0.6 is 0 Å². The van der Waals surface area contributed by atoms with Crippen LogP contribution in [0.15, 0.2) is 121 Å². The van der Waals surface area contributed by atoms with Gasteiger partial charge in [-0.2, -0.15) is 0 Å². The molecule has 226 valence electrons. The van der Waals surface area contributed by atoms with E-state index in [0.29, 0.717) is 19.8 Å². The summed E-state index contributed by atoms with van der Waals surface area (Å²) in [4.78, 5) is 6.01. The molecular formula is C35H39NO7. The highest BCUT2D eigenvalue weighted by molar-refractivity contribution is 5.40. The number of hydrogen-bond acceptors (Lipinski definition) is 8. The van der Waals surface area contributed by atoms with Crippen LogP contribution < -0.4 is 5.48 Å². The molecule has 0 aliphatic carbocycles. The Morgan fingerprint density at radius 1 is 0.628 bits per heavy atom.